The summed E-state index contributed by atoms with van der Waals surface area (Å²) in [5, 5.41) is 16.6. The first-order valence-electron chi connectivity index (χ1n) is 9.29. The number of hydrogen-bond donors (Lipinski definition) is 0. The van der Waals surface area contributed by atoms with Gasteiger partial charge in [0.1, 0.15) is 5.75 Å². The van der Waals surface area contributed by atoms with Gasteiger partial charge >= 0.3 is 0 Å². The van der Waals surface area contributed by atoms with Crippen molar-refractivity contribution in [3.63, 3.8) is 0 Å². The summed E-state index contributed by atoms with van der Waals surface area (Å²) in [7, 11) is 1.66. The highest BCUT2D eigenvalue weighted by atomic mass is 16.5. The van der Waals surface area contributed by atoms with E-state index in [1.165, 1.54) is 0 Å². The summed E-state index contributed by atoms with van der Waals surface area (Å²) in [6.07, 6.45) is 0.340. The molecule has 0 aliphatic carbocycles. The molecule has 2 heterocycles. The van der Waals surface area contributed by atoms with Gasteiger partial charge in [0.25, 0.3) is 0 Å². The van der Waals surface area contributed by atoms with Gasteiger partial charge in [-0.05, 0) is 49.2 Å². The Morgan fingerprint density at radius 1 is 0.931 bits per heavy atom. The van der Waals surface area contributed by atoms with Gasteiger partial charge in [0.05, 0.1) is 19.1 Å². The lowest BCUT2D eigenvalue weighted by Crippen LogP contribution is -2.24. The predicted octanol–water partition coefficient (Wildman–Crippen LogP) is 3.74. The largest absolute Gasteiger partial charge is 0.497 e. The van der Waals surface area contributed by atoms with Gasteiger partial charge in [-0.3, -0.25) is 0 Å². The van der Waals surface area contributed by atoms with Gasteiger partial charge in [-0.15, -0.1) is 10.2 Å². The van der Waals surface area contributed by atoms with Crippen molar-refractivity contribution in [3.8, 4) is 28.3 Å². The highest BCUT2D eigenvalue weighted by molar-refractivity contribution is 5.68. The third-order valence-corrected chi connectivity index (χ3v) is 4.40. The lowest BCUT2D eigenvalue weighted by molar-refractivity contribution is 0.305. The molecular weight excluding hydrogens is 368 g/mol. The first-order valence-corrected chi connectivity index (χ1v) is 9.29. The number of rotatable bonds is 5. The number of methoxy groups -OCH3 is 1. The molecule has 2 aromatic carbocycles. The molecule has 0 saturated carbocycles. The summed E-state index contributed by atoms with van der Waals surface area (Å²) < 4.78 is 10.6. The lowest BCUT2D eigenvalue weighted by atomic mass is 10.0. The Morgan fingerprint density at radius 2 is 1.55 bits per heavy atom. The first kappa shape index (κ1) is 18.8. The van der Waals surface area contributed by atoms with Crippen LogP contribution in [0.4, 0.5) is 0 Å². The fourth-order valence-electron chi connectivity index (χ4n) is 2.77. The van der Waals surface area contributed by atoms with Crippen LogP contribution in [-0.4, -0.2) is 37.5 Å². The summed E-state index contributed by atoms with van der Waals surface area (Å²) in [6.45, 7) is 6.04. The maximum absolute atomic E-state index is 5.37. The summed E-state index contributed by atoms with van der Waals surface area (Å²) in [4.78, 5) is 6.04. The number of benzene rings is 2. The quantitative estimate of drug-likeness (QED) is 0.512. The fourth-order valence-corrected chi connectivity index (χ4v) is 2.77. The van der Waals surface area contributed by atoms with Gasteiger partial charge in [-0.1, -0.05) is 41.6 Å². The molecule has 148 valence electrons. The summed E-state index contributed by atoms with van der Waals surface area (Å²) in [5.74, 6) is 2.36. The van der Waals surface area contributed by atoms with Crippen LogP contribution in [-0.2, 0) is 12.0 Å². The lowest BCUT2D eigenvalue weighted by Gasteiger charge is -2.15. The van der Waals surface area contributed by atoms with Gasteiger partial charge in [0.2, 0.25) is 11.7 Å². The number of nitrogens with zero attached hydrogens (tertiary/aromatic N) is 6. The third kappa shape index (κ3) is 4.16. The summed E-state index contributed by atoms with van der Waals surface area (Å²) in [6, 6.07) is 15.9. The topological polar surface area (TPSA) is 91.8 Å². The van der Waals surface area contributed by atoms with E-state index in [0.717, 1.165) is 22.4 Å². The Balaban J connectivity index is 1.48. The zero-order chi connectivity index (χ0) is 20.4. The zero-order valence-electron chi connectivity index (χ0n) is 16.8. The van der Waals surface area contributed by atoms with E-state index >= 15 is 0 Å². The average molecular weight is 390 g/mol. The molecule has 0 aliphatic rings. The molecule has 8 heteroatoms. The minimum absolute atomic E-state index is 0.225. The summed E-state index contributed by atoms with van der Waals surface area (Å²) >= 11 is 0. The van der Waals surface area contributed by atoms with Crippen LogP contribution in [0, 0.1) is 0 Å². The summed E-state index contributed by atoms with van der Waals surface area (Å²) in [5.41, 5.74) is 2.86. The van der Waals surface area contributed by atoms with Gasteiger partial charge in [-0.25, -0.2) is 0 Å². The Hall–Kier alpha value is -3.55. The highest BCUT2D eigenvalue weighted by Gasteiger charge is 2.18. The molecule has 0 spiro atoms. The first-order chi connectivity index (χ1) is 13.9. The second kappa shape index (κ2) is 7.46. The van der Waals surface area contributed by atoms with Crippen LogP contribution < -0.4 is 4.74 Å². The molecule has 2 aromatic heterocycles. The minimum Gasteiger partial charge on any atom is -0.497 e. The van der Waals surface area contributed by atoms with Crippen molar-refractivity contribution in [2.75, 3.05) is 7.11 Å². The van der Waals surface area contributed by atoms with Gasteiger partial charge in [-0.2, -0.15) is 9.78 Å². The van der Waals surface area contributed by atoms with E-state index in [1.54, 1.807) is 11.9 Å². The second-order valence-corrected chi connectivity index (χ2v) is 7.66. The van der Waals surface area contributed by atoms with Crippen LogP contribution in [0.25, 0.3) is 22.5 Å². The van der Waals surface area contributed by atoms with E-state index in [1.807, 2.05) is 69.3 Å². The molecule has 0 aliphatic heterocycles. The average Bonchev–Trinajstić information content (AvgIpc) is 3.38. The molecule has 0 amide bonds. The van der Waals surface area contributed by atoms with E-state index in [-0.39, 0.29) is 5.54 Å². The van der Waals surface area contributed by atoms with Crippen molar-refractivity contribution in [3.05, 3.63) is 60.2 Å². The number of tetrazole rings is 1. The highest BCUT2D eigenvalue weighted by Crippen LogP contribution is 2.25. The van der Waals surface area contributed by atoms with Crippen LogP contribution >= 0.6 is 0 Å². The Morgan fingerprint density at radius 3 is 2.14 bits per heavy atom. The zero-order valence-corrected chi connectivity index (χ0v) is 16.8. The minimum atomic E-state index is -0.225. The van der Waals surface area contributed by atoms with Crippen molar-refractivity contribution in [2.24, 2.45) is 0 Å². The molecule has 0 saturated heterocycles. The molecule has 4 aromatic rings. The van der Waals surface area contributed by atoms with Crippen LogP contribution in [0.3, 0.4) is 0 Å². The Bertz CT molecular complexity index is 1090. The van der Waals surface area contributed by atoms with Crippen molar-refractivity contribution in [2.45, 2.75) is 32.7 Å². The number of hydrogen-bond acceptors (Lipinski definition) is 7. The Labute approximate surface area is 168 Å². The van der Waals surface area contributed by atoms with E-state index in [0.29, 0.717) is 24.0 Å². The van der Waals surface area contributed by atoms with Crippen LogP contribution in [0.15, 0.2) is 53.1 Å². The molecule has 0 N–H and O–H groups in total. The standard InChI is InChI=1S/C21H22N6O2/c1-21(2,3)27-24-18(23-26-27)13-19-22-20(25-29-19)16-7-5-14(6-8-16)15-9-11-17(28-4)12-10-15/h5-12H,13H2,1-4H3. The molecule has 4 rings (SSSR count). The third-order valence-electron chi connectivity index (χ3n) is 4.40. The van der Waals surface area contributed by atoms with E-state index in [4.69, 9.17) is 9.26 Å². The normalized spacial score (nSPS) is 11.6. The maximum Gasteiger partial charge on any atom is 0.234 e. The number of aromatic nitrogens is 6. The van der Waals surface area contributed by atoms with Crippen LogP contribution in [0.5, 0.6) is 5.75 Å². The van der Waals surface area contributed by atoms with Crippen molar-refractivity contribution >= 4 is 0 Å². The fraction of sp³-hybridized carbons (Fsp3) is 0.286. The maximum atomic E-state index is 5.37. The molecule has 8 nitrogen and oxygen atoms in total. The molecule has 0 atom stereocenters. The SMILES string of the molecule is COc1ccc(-c2ccc(-c3noc(Cc4nnn(C(C)(C)C)n4)n3)cc2)cc1. The Kier molecular flexibility index (Phi) is 4.84. The molecule has 0 radical (unpaired) electrons. The van der Waals surface area contributed by atoms with Crippen molar-refractivity contribution in [1.29, 1.82) is 0 Å². The van der Waals surface area contributed by atoms with Crippen molar-refractivity contribution < 1.29 is 9.26 Å². The molecular formula is C21H22N6O2. The molecule has 0 bridgehead atoms. The van der Waals surface area contributed by atoms with Gasteiger partial charge < -0.3 is 9.26 Å². The molecule has 0 fully saturated rings. The van der Waals surface area contributed by atoms with E-state index in [9.17, 15) is 0 Å². The van der Waals surface area contributed by atoms with E-state index < -0.39 is 0 Å². The van der Waals surface area contributed by atoms with E-state index in [2.05, 4.69) is 25.6 Å². The molecule has 0 unspecified atom stereocenters. The predicted molar refractivity (Wildman–Crippen MR) is 107 cm³/mol. The molecule has 29 heavy (non-hydrogen) atoms. The van der Waals surface area contributed by atoms with Crippen LogP contribution in [0.1, 0.15) is 32.5 Å². The van der Waals surface area contributed by atoms with Crippen LogP contribution in [0.2, 0.25) is 0 Å². The van der Waals surface area contributed by atoms with Crippen molar-refractivity contribution in [1.82, 2.24) is 30.3 Å². The smallest absolute Gasteiger partial charge is 0.234 e. The monoisotopic (exact) mass is 390 g/mol. The van der Waals surface area contributed by atoms with Gasteiger partial charge in [0.15, 0.2) is 5.82 Å². The number of ether oxygens (including phenoxy) is 1. The van der Waals surface area contributed by atoms with Gasteiger partial charge in [0, 0.05) is 5.56 Å². The second-order valence-electron chi connectivity index (χ2n) is 7.66.